The Labute approximate surface area is 231 Å². The second kappa shape index (κ2) is 10.3. The maximum Gasteiger partial charge on any atom is 0.119 e. The second-order valence-electron chi connectivity index (χ2n) is 12.3. The molecule has 1 aliphatic carbocycles. The lowest BCUT2D eigenvalue weighted by molar-refractivity contribution is 0.331. The van der Waals surface area contributed by atoms with Crippen LogP contribution in [0.5, 0.6) is 0 Å². The predicted octanol–water partition coefficient (Wildman–Crippen LogP) is 8.96. The molecule has 0 saturated heterocycles. The molecule has 0 aliphatic heterocycles. The first-order valence-electron chi connectivity index (χ1n) is 14.0. The van der Waals surface area contributed by atoms with Gasteiger partial charge in [0.15, 0.2) is 0 Å². The van der Waals surface area contributed by atoms with E-state index in [1.807, 2.05) is 0 Å². The lowest BCUT2D eigenvalue weighted by Gasteiger charge is -2.43. The quantitative estimate of drug-likeness (QED) is 0.170. The third kappa shape index (κ3) is 4.48. The predicted molar refractivity (Wildman–Crippen MR) is 169 cm³/mol. The molecular formula is C37H42P+. The van der Waals surface area contributed by atoms with Crippen molar-refractivity contribution in [3.63, 3.8) is 0 Å². The van der Waals surface area contributed by atoms with Gasteiger partial charge in [0.2, 0.25) is 0 Å². The summed E-state index contributed by atoms with van der Waals surface area (Å²) in [7, 11) is -2.11. The summed E-state index contributed by atoms with van der Waals surface area (Å²) >= 11 is 0. The Balaban J connectivity index is 1.89. The Morgan fingerprint density at radius 1 is 0.684 bits per heavy atom. The van der Waals surface area contributed by atoms with E-state index in [4.69, 9.17) is 0 Å². The van der Waals surface area contributed by atoms with Crippen LogP contribution in [0.3, 0.4) is 0 Å². The van der Waals surface area contributed by atoms with E-state index in [1.54, 1.807) is 0 Å². The van der Waals surface area contributed by atoms with Gasteiger partial charge in [0, 0.05) is 6.42 Å². The van der Waals surface area contributed by atoms with E-state index in [2.05, 4.69) is 150 Å². The highest BCUT2D eigenvalue weighted by Crippen LogP contribution is 2.68. The van der Waals surface area contributed by atoms with Gasteiger partial charge in [-0.05, 0) is 89.2 Å². The maximum absolute atomic E-state index is 4.31. The van der Waals surface area contributed by atoms with E-state index in [9.17, 15) is 0 Å². The lowest BCUT2D eigenvalue weighted by Crippen LogP contribution is -2.37. The first-order chi connectivity index (χ1) is 18.2. The van der Waals surface area contributed by atoms with Gasteiger partial charge in [-0.15, -0.1) is 6.58 Å². The summed E-state index contributed by atoms with van der Waals surface area (Å²) in [6.45, 7) is 16.4. The van der Waals surface area contributed by atoms with Crippen LogP contribution in [0.25, 0.3) is 0 Å². The van der Waals surface area contributed by atoms with Gasteiger partial charge in [-0.3, -0.25) is 0 Å². The molecule has 0 N–H and O–H groups in total. The summed E-state index contributed by atoms with van der Waals surface area (Å²) in [4.78, 5) is 0. The molecule has 1 heteroatoms. The van der Waals surface area contributed by atoms with E-state index in [-0.39, 0.29) is 10.8 Å². The Hall–Kier alpha value is -2.95. The number of allylic oxidation sites excluding steroid dienone is 1. The van der Waals surface area contributed by atoms with Crippen LogP contribution < -0.4 is 15.9 Å². The molecule has 0 radical (unpaired) electrons. The number of hydrogen-bond acceptors (Lipinski definition) is 0. The van der Waals surface area contributed by atoms with Crippen molar-refractivity contribution in [1.29, 1.82) is 0 Å². The highest BCUT2D eigenvalue weighted by atomic mass is 31.2. The fourth-order valence-electron chi connectivity index (χ4n) is 6.73. The van der Waals surface area contributed by atoms with E-state index in [0.717, 1.165) is 6.42 Å². The molecule has 0 spiro atoms. The molecule has 1 aliphatic rings. The van der Waals surface area contributed by atoms with Crippen molar-refractivity contribution < 1.29 is 0 Å². The maximum atomic E-state index is 4.31. The smallest absolute Gasteiger partial charge is 0.103 e. The lowest BCUT2D eigenvalue weighted by atomic mass is 9.62. The first kappa shape index (κ1) is 26.6. The van der Waals surface area contributed by atoms with Gasteiger partial charge in [0.05, 0.1) is 0 Å². The van der Waals surface area contributed by atoms with Gasteiger partial charge < -0.3 is 0 Å². The van der Waals surface area contributed by atoms with E-state index in [0.29, 0.717) is 5.66 Å². The topological polar surface area (TPSA) is 0 Å². The van der Waals surface area contributed by atoms with E-state index >= 15 is 0 Å². The molecule has 1 atom stereocenters. The molecule has 0 amide bonds. The fraction of sp³-hybridized carbons (Fsp3) is 0.297. The highest BCUT2D eigenvalue weighted by Gasteiger charge is 2.53. The molecule has 38 heavy (non-hydrogen) atoms. The zero-order valence-electron chi connectivity index (χ0n) is 23.7. The van der Waals surface area contributed by atoms with Crippen LogP contribution in [-0.4, -0.2) is 0 Å². The van der Waals surface area contributed by atoms with Gasteiger partial charge in [0.25, 0.3) is 0 Å². The van der Waals surface area contributed by atoms with Crippen molar-refractivity contribution in [3.8, 4) is 0 Å². The number of aryl methyl sites for hydroxylation is 1. The third-order valence-electron chi connectivity index (χ3n) is 8.95. The van der Waals surface area contributed by atoms with Gasteiger partial charge >= 0.3 is 0 Å². The Morgan fingerprint density at radius 2 is 1.08 bits per heavy atom. The summed E-state index contributed by atoms with van der Waals surface area (Å²) in [6.07, 6.45) is 5.53. The Bertz CT molecular complexity index is 1300. The highest BCUT2D eigenvalue weighted by molar-refractivity contribution is 7.96. The number of fused-ring (bicyclic) bond motifs is 1. The Morgan fingerprint density at radius 3 is 1.47 bits per heavy atom. The van der Waals surface area contributed by atoms with Crippen LogP contribution in [-0.2, 0) is 10.8 Å². The third-order valence-corrected chi connectivity index (χ3v) is 13.7. The molecule has 5 rings (SSSR count). The normalized spacial score (nSPS) is 16.9. The van der Waals surface area contributed by atoms with Crippen molar-refractivity contribution >= 4 is 23.2 Å². The summed E-state index contributed by atoms with van der Waals surface area (Å²) in [5.41, 5.74) is 6.63. The molecule has 4 aromatic carbocycles. The molecule has 0 heterocycles. The average molecular weight is 518 g/mol. The molecule has 0 aromatic heterocycles. The van der Waals surface area contributed by atoms with Gasteiger partial charge in [0.1, 0.15) is 28.8 Å². The average Bonchev–Trinajstić information content (AvgIpc) is 2.93. The monoisotopic (exact) mass is 517 g/mol. The van der Waals surface area contributed by atoms with Gasteiger partial charge in [-0.25, -0.2) is 0 Å². The van der Waals surface area contributed by atoms with Crippen molar-refractivity contribution in [1.82, 2.24) is 0 Å². The van der Waals surface area contributed by atoms with Crippen LogP contribution in [0.15, 0.2) is 116 Å². The molecule has 4 aromatic rings. The van der Waals surface area contributed by atoms with Crippen LogP contribution >= 0.6 is 7.26 Å². The minimum absolute atomic E-state index is 0.166. The summed E-state index contributed by atoms with van der Waals surface area (Å²) in [5, 5.41) is 4.29. The minimum Gasteiger partial charge on any atom is -0.103 e. The van der Waals surface area contributed by atoms with Gasteiger partial charge in [-0.1, -0.05) is 101 Å². The van der Waals surface area contributed by atoms with Crippen LogP contribution in [0.2, 0.25) is 0 Å². The zero-order valence-corrected chi connectivity index (χ0v) is 24.6. The number of hydrogen-bond donors (Lipinski definition) is 0. The van der Waals surface area contributed by atoms with Crippen molar-refractivity contribution in [2.45, 2.75) is 70.4 Å². The van der Waals surface area contributed by atoms with Crippen molar-refractivity contribution in [2.75, 3.05) is 0 Å². The summed E-state index contributed by atoms with van der Waals surface area (Å²) in [5.74, 6) is 0. The second-order valence-corrected chi connectivity index (χ2v) is 15.9. The van der Waals surface area contributed by atoms with Crippen molar-refractivity contribution in [3.05, 3.63) is 138 Å². The van der Waals surface area contributed by atoms with Gasteiger partial charge in [-0.2, -0.15) is 0 Å². The zero-order chi connectivity index (χ0) is 27.0. The van der Waals surface area contributed by atoms with Crippen LogP contribution in [0, 0.1) is 6.92 Å². The van der Waals surface area contributed by atoms with Crippen molar-refractivity contribution in [2.24, 2.45) is 0 Å². The molecule has 1 unspecified atom stereocenters. The first-order valence-corrected chi connectivity index (χ1v) is 15.9. The summed E-state index contributed by atoms with van der Waals surface area (Å²) < 4.78 is 0. The molecular weight excluding hydrogens is 475 g/mol. The number of rotatable bonds is 7. The largest absolute Gasteiger partial charge is 0.119 e. The van der Waals surface area contributed by atoms with Crippen LogP contribution in [0.1, 0.15) is 74.9 Å². The molecule has 0 fully saturated rings. The fourth-order valence-corrected chi connectivity index (χ4v) is 11.8. The SMILES string of the molecule is C=CCC(c1cc2c(cc1C)C(C)(C)CCC2(C)C)[P+](c1ccccc1)(c1ccccc1)c1ccccc1. The molecule has 0 bridgehead atoms. The minimum atomic E-state index is -2.11. The standard InChI is InChI=1S/C37H42P/c1-7-17-35(32-27-34-33(26-28(32)2)36(3,4)24-25-37(34,5)6)38(29-18-11-8-12-19-29,30-20-13-9-14-21-30)31-22-15-10-16-23-31/h7-16,18-23,26-27,35H,1,17,24-25H2,2-6H3/q+1. The molecule has 0 nitrogen and oxygen atoms in total. The molecule has 194 valence electrons. The molecule has 0 saturated carbocycles. The number of benzene rings is 4. The van der Waals surface area contributed by atoms with E-state index < -0.39 is 7.26 Å². The van der Waals surface area contributed by atoms with E-state index in [1.165, 1.54) is 51.0 Å². The Kier molecular flexibility index (Phi) is 7.23. The van der Waals surface area contributed by atoms with Crippen LogP contribution in [0.4, 0.5) is 0 Å². The summed E-state index contributed by atoms with van der Waals surface area (Å²) in [6, 6.07) is 39.1.